The molecule has 0 heterocycles. The van der Waals surface area contributed by atoms with E-state index in [1.165, 1.54) is 19.3 Å². The molecule has 8 nitrogen and oxygen atoms in total. The van der Waals surface area contributed by atoms with Crippen molar-refractivity contribution in [1.82, 2.24) is 0 Å². The molecule has 0 rings (SSSR count). The minimum atomic E-state index is -1.14. The summed E-state index contributed by atoms with van der Waals surface area (Å²) in [5.74, 6) is -1.86. The molecule has 0 bridgehead atoms. The van der Waals surface area contributed by atoms with Crippen LogP contribution in [0.4, 0.5) is 0 Å². The van der Waals surface area contributed by atoms with Gasteiger partial charge in [0, 0.05) is 19.3 Å². The van der Waals surface area contributed by atoms with Gasteiger partial charge in [-0.05, 0) is 64.2 Å². The number of carboxylic acid groups (broad SMARTS) is 1. The average Bonchev–Trinajstić information content (AvgIpc) is 3.17. The van der Waals surface area contributed by atoms with Crippen molar-refractivity contribution >= 4 is 17.9 Å². The highest BCUT2D eigenvalue weighted by Crippen LogP contribution is 2.12. The summed E-state index contributed by atoms with van der Waals surface area (Å²) in [6.07, 6.45) is 52.7. The number of carbonyl (C=O) groups is 3. The first-order valence-corrected chi connectivity index (χ1v) is 21.5. The first-order valence-electron chi connectivity index (χ1n) is 21.5. The summed E-state index contributed by atoms with van der Waals surface area (Å²) >= 11 is 0. The molecular formula is C49H77NO7. The first kappa shape index (κ1) is 53.0. The molecule has 0 spiro atoms. The molecule has 8 heteroatoms. The Morgan fingerprint density at radius 3 is 1.61 bits per heavy atom. The Kier molecular flexibility index (Phi) is 36.1. The van der Waals surface area contributed by atoms with Crippen LogP contribution in [-0.2, 0) is 28.6 Å². The number of nitrogens with zero attached hydrogens (tertiary/aromatic N) is 1. The SMILES string of the molecule is CC/C=C/C=C/C=C/C=C/C=C/CCCC(=O)OCC(COCCC(C(=O)[O-])[N+](C)(C)C)OC(=O)CCCCCCCCC/C=C/C/C=C/C/C=C/C/C=C/CC. The van der Waals surface area contributed by atoms with E-state index in [0.29, 0.717) is 6.42 Å². The van der Waals surface area contributed by atoms with Gasteiger partial charge in [0.05, 0.1) is 40.3 Å². The maximum atomic E-state index is 12.7. The van der Waals surface area contributed by atoms with Crippen molar-refractivity contribution in [1.29, 1.82) is 0 Å². The summed E-state index contributed by atoms with van der Waals surface area (Å²) in [6.45, 7) is 4.28. The van der Waals surface area contributed by atoms with Crippen molar-refractivity contribution in [2.45, 2.75) is 142 Å². The molecule has 0 amide bonds. The Hall–Kier alpha value is -4.01. The molecule has 0 aliphatic rings. The molecule has 0 saturated carbocycles. The molecule has 0 radical (unpaired) electrons. The van der Waals surface area contributed by atoms with Crippen LogP contribution in [-0.4, -0.2) is 75.5 Å². The Morgan fingerprint density at radius 1 is 0.544 bits per heavy atom. The van der Waals surface area contributed by atoms with Gasteiger partial charge in [0.15, 0.2) is 6.10 Å². The van der Waals surface area contributed by atoms with E-state index in [4.69, 9.17) is 14.2 Å². The molecule has 320 valence electrons. The van der Waals surface area contributed by atoms with Gasteiger partial charge in [0.1, 0.15) is 12.6 Å². The number of hydrogen-bond acceptors (Lipinski definition) is 7. The number of quaternary nitrogens is 1. The summed E-state index contributed by atoms with van der Waals surface area (Å²) in [4.78, 5) is 36.8. The van der Waals surface area contributed by atoms with Crippen LogP contribution in [0.3, 0.4) is 0 Å². The van der Waals surface area contributed by atoms with E-state index in [-0.39, 0.29) is 55.5 Å². The maximum Gasteiger partial charge on any atom is 0.306 e. The van der Waals surface area contributed by atoms with Crippen molar-refractivity contribution in [2.75, 3.05) is 41.0 Å². The lowest BCUT2D eigenvalue weighted by molar-refractivity contribution is -0.889. The van der Waals surface area contributed by atoms with Gasteiger partial charge in [0.25, 0.3) is 0 Å². The monoisotopic (exact) mass is 792 g/mol. The molecule has 57 heavy (non-hydrogen) atoms. The van der Waals surface area contributed by atoms with Crippen molar-refractivity contribution in [3.05, 3.63) is 109 Å². The Balaban J connectivity index is 4.47. The summed E-state index contributed by atoms with van der Waals surface area (Å²) in [5, 5.41) is 11.6. The van der Waals surface area contributed by atoms with Gasteiger partial charge in [0.2, 0.25) is 0 Å². The number of unbranched alkanes of at least 4 members (excludes halogenated alkanes) is 8. The molecule has 0 aliphatic carbocycles. The third-order valence-corrected chi connectivity index (χ3v) is 8.78. The van der Waals surface area contributed by atoms with Gasteiger partial charge in [-0.3, -0.25) is 9.59 Å². The second-order valence-corrected chi connectivity index (χ2v) is 14.9. The molecule has 0 aliphatic heterocycles. The maximum absolute atomic E-state index is 12.7. The van der Waals surface area contributed by atoms with E-state index in [2.05, 4.69) is 68.5 Å². The van der Waals surface area contributed by atoms with Gasteiger partial charge in [-0.1, -0.05) is 155 Å². The lowest BCUT2D eigenvalue weighted by atomic mass is 10.1. The number of carboxylic acids is 1. The van der Waals surface area contributed by atoms with Crippen LogP contribution < -0.4 is 5.11 Å². The normalized spacial score (nSPS) is 14.1. The summed E-state index contributed by atoms with van der Waals surface area (Å²) in [6, 6.07) is -0.745. The molecular weight excluding hydrogens is 715 g/mol. The number of carbonyl (C=O) groups excluding carboxylic acids is 3. The summed E-state index contributed by atoms with van der Waals surface area (Å²) in [5.41, 5.74) is 0. The lowest BCUT2D eigenvalue weighted by Gasteiger charge is -2.34. The second-order valence-electron chi connectivity index (χ2n) is 14.9. The van der Waals surface area contributed by atoms with Gasteiger partial charge in [-0.25, -0.2) is 0 Å². The van der Waals surface area contributed by atoms with Gasteiger partial charge < -0.3 is 28.6 Å². The van der Waals surface area contributed by atoms with Crippen LogP contribution in [0, 0.1) is 0 Å². The fraction of sp³-hybridized carbons (Fsp3) is 0.571. The topological polar surface area (TPSA) is 102 Å². The lowest BCUT2D eigenvalue weighted by Crippen LogP contribution is -2.55. The molecule has 2 unspecified atom stereocenters. The second kappa shape index (κ2) is 38.8. The zero-order chi connectivity index (χ0) is 42.1. The quantitative estimate of drug-likeness (QED) is 0.0205. The van der Waals surface area contributed by atoms with Crippen LogP contribution in [0.1, 0.15) is 129 Å². The number of hydrogen-bond donors (Lipinski definition) is 0. The Bertz CT molecular complexity index is 1290. The van der Waals surface area contributed by atoms with E-state index in [1.54, 1.807) is 21.1 Å². The van der Waals surface area contributed by atoms with E-state index >= 15 is 0 Å². The summed E-state index contributed by atoms with van der Waals surface area (Å²) < 4.78 is 17.0. The highest BCUT2D eigenvalue weighted by Gasteiger charge is 2.25. The molecule has 0 saturated heterocycles. The van der Waals surface area contributed by atoms with Crippen molar-refractivity contribution in [3.63, 3.8) is 0 Å². The van der Waals surface area contributed by atoms with Crippen LogP contribution in [0.25, 0.3) is 0 Å². The molecule has 0 aromatic carbocycles. The van der Waals surface area contributed by atoms with Crippen molar-refractivity contribution in [2.24, 2.45) is 0 Å². The standard InChI is InChI=1S/C49H77NO7/c1-6-8-10-12-14-16-18-20-21-22-23-24-25-26-28-30-32-34-36-38-40-48(52)57-45(43-55-42-41-46(49(53)54)50(3,4)5)44-56-47(51)39-37-35-33-31-29-27-19-17-15-13-11-9-7-2/h8-11,13-17,19-21,23-24,27,29,31,33,45-46H,6-7,12,18,22,25-26,28,30,32,34-44H2,1-5H3/b10-8+,11-9+,15-13+,16-14+,19-17+,21-20+,24-23+,29-27+,33-31+. The third kappa shape index (κ3) is 37.3. The van der Waals surface area contributed by atoms with E-state index in [9.17, 15) is 19.5 Å². The largest absolute Gasteiger partial charge is 0.544 e. The van der Waals surface area contributed by atoms with Crippen LogP contribution in [0.15, 0.2) is 109 Å². The molecule has 2 atom stereocenters. The Labute approximate surface area is 347 Å². The zero-order valence-corrected chi connectivity index (χ0v) is 36.2. The van der Waals surface area contributed by atoms with Gasteiger partial charge >= 0.3 is 11.9 Å². The Morgan fingerprint density at radius 2 is 1.04 bits per heavy atom. The molecule has 0 aromatic rings. The van der Waals surface area contributed by atoms with Gasteiger partial charge in [-0.15, -0.1) is 0 Å². The van der Waals surface area contributed by atoms with E-state index in [1.807, 2.05) is 54.7 Å². The fourth-order valence-corrected chi connectivity index (χ4v) is 5.50. The van der Waals surface area contributed by atoms with E-state index in [0.717, 1.165) is 70.6 Å². The number of allylic oxidation sites excluding steroid dienone is 18. The highest BCUT2D eigenvalue weighted by molar-refractivity contribution is 5.70. The molecule has 0 aromatic heterocycles. The predicted molar refractivity (Wildman–Crippen MR) is 235 cm³/mol. The number of aliphatic carboxylic acids is 1. The summed E-state index contributed by atoms with van der Waals surface area (Å²) in [7, 11) is 5.36. The van der Waals surface area contributed by atoms with Gasteiger partial charge in [-0.2, -0.15) is 0 Å². The smallest absolute Gasteiger partial charge is 0.306 e. The minimum absolute atomic E-state index is 0.00555. The number of likely N-dealkylation sites (N-methyl/N-ethyl adjacent to an activating group) is 1. The fourth-order valence-electron chi connectivity index (χ4n) is 5.50. The van der Waals surface area contributed by atoms with Crippen LogP contribution in [0.2, 0.25) is 0 Å². The van der Waals surface area contributed by atoms with Crippen molar-refractivity contribution < 1.29 is 38.2 Å². The molecule has 0 N–H and O–H groups in total. The predicted octanol–water partition coefficient (Wildman–Crippen LogP) is 10.4. The number of ether oxygens (including phenoxy) is 3. The van der Waals surface area contributed by atoms with E-state index < -0.39 is 18.1 Å². The van der Waals surface area contributed by atoms with Crippen LogP contribution >= 0.6 is 0 Å². The minimum Gasteiger partial charge on any atom is -0.544 e. The number of esters is 2. The molecule has 0 fully saturated rings. The van der Waals surface area contributed by atoms with Crippen LogP contribution in [0.5, 0.6) is 0 Å². The first-order chi connectivity index (χ1) is 27.6. The number of rotatable bonds is 36. The zero-order valence-electron chi connectivity index (χ0n) is 36.2. The average molecular weight is 792 g/mol. The third-order valence-electron chi connectivity index (χ3n) is 8.78. The highest BCUT2D eigenvalue weighted by atomic mass is 16.6. The van der Waals surface area contributed by atoms with Crippen molar-refractivity contribution in [3.8, 4) is 0 Å².